The summed E-state index contributed by atoms with van der Waals surface area (Å²) in [5.74, 6) is 1.45. The second kappa shape index (κ2) is 6.31. The van der Waals surface area contributed by atoms with E-state index < -0.39 is 0 Å². The lowest BCUT2D eigenvalue weighted by Crippen LogP contribution is -2.38. The second-order valence-electron chi connectivity index (χ2n) is 4.57. The standard InChI is InChI=1S/C12H17IN4O/c1-9(18)14-6-10-2-4-17(5-3-10)12-15-7-11(13)8-16-12/h7-8,10H,2-6H2,1H3,(H,14,18). The molecule has 1 amide bonds. The highest BCUT2D eigenvalue weighted by molar-refractivity contribution is 14.1. The minimum atomic E-state index is 0.0541. The van der Waals surface area contributed by atoms with E-state index in [1.165, 1.54) is 0 Å². The number of hydrogen-bond acceptors (Lipinski definition) is 4. The van der Waals surface area contributed by atoms with Gasteiger partial charge < -0.3 is 10.2 Å². The Labute approximate surface area is 121 Å². The normalized spacial score (nSPS) is 16.7. The van der Waals surface area contributed by atoms with Crippen LogP contribution in [0.4, 0.5) is 5.95 Å². The first kappa shape index (κ1) is 13.5. The van der Waals surface area contributed by atoms with Crippen molar-refractivity contribution >= 4 is 34.4 Å². The number of rotatable bonds is 3. The molecule has 2 heterocycles. The lowest BCUT2D eigenvalue weighted by molar-refractivity contribution is -0.119. The predicted molar refractivity (Wildman–Crippen MR) is 78.4 cm³/mol. The van der Waals surface area contributed by atoms with Gasteiger partial charge >= 0.3 is 0 Å². The maximum Gasteiger partial charge on any atom is 0.225 e. The molecule has 1 fully saturated rings. The van der Waals surface area contributed by atoms with Gasteiger partial charge in [0.2, 0.25) is 11.9 Å². The number of carbonyl (C=O) groups is 1. The first-order valence-electron chi connectivity index (χ1n) is 6.12. The third-order valence-corrected chi connectivity index (χ3v) is 3.70. The molecule has 98 valence electrons. The van der Waals surface area contributed by atoms with Gasteiger partial charge in [0.15, 0.2) is 0 Å². The van der Waals surface area contributed by atoms with Gasteiger partial charge in [0.1, 0.15) is 0 Å². The van der Waals surface area contributed by atoms with Crippen molar-refractivity contribution in [1.82, 2.24) is 15.3 Å². The van der Waals surface area contributed by atoms with E-state index in [0.717, 1.165) is 42.0 Å². The summed E-state index contributed by atoms with van der Waals surface area (Å²) in [6, 6.07) is 0. The Kier molecular flexibility index (Phi) is 4.73. The molecule has 0 aliphatic carbocycles. The fourth-order valence-electron chi connectivity index (χ4n) is 2.09. The van der Waals surface area contributed by atoms with E-state index >= 15 is 0 Å². The van der Waals surface area contributed by atoms with Crippen molar-refractivity contribution in [2.24, 2.45) is 5.92 Å². The smallest absolute Gasteiger partial charge is 0.225 e. The highest BCUT2D eigenvalue weighted by Crippen LogP contribution is 2.20. The van der Waals surface area contributed by atoms with Gasteiger partial charge in [-0.25, -0.2) is 9.97 Å². The number of halogens is 1. The monoisotopic (exact) mass is 360 g/mol. The average Bonchev–Trinajstić information content (AvgIpc) is 2.38. The van der Waals surface area contributed by atoms with Crippen LogP contribution in [0.1, 0.15) is 19.8 Å². The van der Waals surface area contributed by atoms with Crippen molar-refractivity contribution in [1.29, 1.82) is 0 Å². The van der Waals surface area contributed by atoms with Crippen molar-refractivity contribution in [3.05, 3.63) is 16.0 Å². The molecular formula is C12H17IN4O. The minimum Gasteiger partial charge on any atom is -0.356 e. The van der Waals surface area contributed by atoms with Gasteiger partial charge in [-0.3, -0.25) is 4.79 Å². The fourth-order valence-corrected chi connectivity index (χ4v) is 2.37. The molecule has 0 atom stereocenters. The Morgan fingerprint density at radius 2 is 2.06 bits per heavy atom. The number of anilines is 1. The zero-order chi connectivity index (χ0) is 13.0. The summed E-state index contributed by atoms with van der Waals surface area (Å²) in [6.07, 6.45) is 5.84. The second-order valence-corrected chi connectivity index (χ2v) is 5.81. The van der Waals surface area contributed by atoms with Crippen molar-refractivity contribution in [2.45, 2.75) is 19.8 Å². The molecular weight excluding hydrogens is 343 g/mol. The molecule has 0 aromatic carbocycles. The molecule has 1 aromatic rings. The summed E-state index contributed by atoms with van der Waals surface area (Å²) in [4.78, 5) is 21.7. The highest BCUT2D eigenvalue weighted by Gasteiger charge is 2.20. The van der Waals surface area contributed by atoms with Crippen LogP contribution in [0.2, 0.25) is 0 Å². The van der Waals surface area contributed by atoms with Crippen molar-refractivity contribution in [3.8, 4) is 0 Å². The SMILES string of the molecule is CC(=O)NCC1CCN(c2ncc(I)cn2)CC1. The van der Waals surface area contributed by atoms with E-state index in [9.17, 15) is 4.79 Å². The van der Waals surface area contributed by atoms with Gasteiger partial charge in [-0.2, -0.15) is 0 Å². The molecule has 0 radical (unpaired) electrons. The minimum absolute atomic E-state index is 0.0541. The van der Waals surface area contributed by atoms with E-state index in [4.69, 9.17) is 0 Å². The van der Waals surface area contributed by atoms with Crippen LogP contribution in [-0.4, -0.2) is 35.5 Å². The number of nitrogens with zero attached hydrogens (tertiary/aromatic N) is 3. The number of amides is 1. The van der Waals surface area contributed by atoms with Crippen LogP contribution in [0, 0.1) is 9.49 Å². The predicted octanol–water partition coefficient (Wildman–Crippen LogP) is 1.43. The maximum absolute atomic E-state index is 10.9. The quantitative estimate of drug-likeness (QED) is 0.829. The zero-order valence-electron chi connectivity index (χ0n) is 10.4. The first-order valence-corrected chi connectivity index (χ1v) is 7.20. The molecule has 0 unspecified atom stereocenters. The number of nitrogens with one attached hydrogen (secondary N) is 1. The van der Waals surface area contributed by atoms with E-state index in [1.54, 1.807) is 6.92 Å². The van der Waals surface area contributed by atoms with E-state index in [0.29, 0.717) is 5.92 Å². The van der Waals surface area contributed by atoms with Gasteiger partial charge in [0.25, 0.3) is 0 Å². The van der Waals surface area contributed by atoms with E-state index in [-0.39, 0.29) is 5.91 Å². The van der Waals surface area contributed by atoms with Gasteiger partial charge in [-0.15, -0.1) is 0 Å². The molecule has 1 saturated heterocycles. The number of carbonyl (C=O) groups excluding carboxylic acids is 1. The molecule has 0 bridgehead atoms. The summed E-state index contributed by atoms with van der Waals surface area (Å²) in [7, 11) is 0. The molecule has 1 N–H and O–H groups in total. The highest BCUT2D eigenvalue weighted by atomic mass is 127. The Balaban J connectivity index is 1.83. The summed E-state index contributed by atoms with van der Waals surface area (Å²) < 4.78 is 1.05. The maximum atomic E-state index is 10.9. The molecule has 0 saturated carbocycles. The first-order chi connectivity index (χ1) is 8.65. The van der Waals surface area contributed by atoms with Crippen LogP contribution in [-0.2, 0) is 4.79 Å². The lowest BCUT2D eigenvalue weighted by atomic mass is 9.97. The van der Waals surface area contributed by atoms with Crippen LogP contribution in [0.15, 0.2) is 12.4 Å². The van der Waals surface area contributed by atoms with Crippen molar-refractivity contribution in [2.75, 3.05) is 24.5 Å². The van der Waals surface area contributed by atoms with Crippen molar-refractivity contribution in [3.63, 3.8) is 0 Å². The molecule has 1 aliphatic rings. The van der Waals surface area contributed by atoms with Gasteiger partial charge in [0, 0.05) is 42.5 Å². The topological polar surface area (TPSA) is 58.1 Å². The number of aromatic nitrogens is 2. The van der Waals surface area contributed by atoms with E-state index in [1.807, 2.05) is 12.4 Å². The van der Waals surface area contributed by atoms with Crippen LogP contribution in [0.3, 0.4) is 0 Å². The van der Waals surface area contributed by atoms with Crippen LogP contribution >= 0.6 is 22.6 Å². The van der Waals surface area contributed by atoms with Gasteiger partial charge in [-0.1, -0.05) is 0 Å². The molecule has 5 nitrogen and oxygen atoms in total. The summed E-state index contributed by atoms with van der Waals surface area (Å²) >= 11 is 2.20. The Hall–Kier alpha value is -0.920. The Morgan fingerprint density at radius 3 is 2.61 bits per heavy atom. The number of hydrogen-bond donors (Lipinski definition) is 1. The average molecular weight is 360 g/mol. The number of piperidine rings is 1. The fraction of sp³-hybridized carbons (Fsp3) is 0.583. The Bertz CT molecular complexity index is 401. The van der Waals surface area contributed by atoms with Gasteiger partial charge in [0.05, 0.1) is 0 Å². The summed E-state index contributed by atoms with van der Waals surface area (Å²) in [5.41, 5.74) is 0. The Morgan fingerprint density at radius 1 is 1.44 bits per heavy atom. The summed E-state index contributed by atoms with van der Waals surface area (Å²) in [5, 5.41) is 2.89. The largest absolute Gasteiger partial charge is 0.356 e. The third-order valence-electron chi connectivity index (χ3n) is 3.14. The molecule has 0 spiro atoms. The zero-order valence-corrected chi connectivity index (χ0v) is 12.6. The van der Waals surface area contributed by atoms with E-state index in [2.05, 4.69) is 42.8 Å². The molecule has 2 rings (SSSR count). The third kappa shape index (κ3) is 3.79. The van der Waals surface area contributed by atoms with Crippen LogP contribution in [0.5, 0.6) is 0 Å². The molecule has 1 aromatic heterocycles. The molecule has 1 aliphatic heterocycles. The summed E-state index contributed by atoms with van der Waals surface area (Å²) in [6.45, 7) is 4.28. The molecule has 18 heavy (non-hydrogen) atoms. The van der Waals surface area contributed by atoms with Crippen LogP contribution < -0.4 is 10.2 Å². The molecule has 6 heteroatoms. The lowest BCUT2D eigenvalue weighted by Gasteiger charge is -2.31. The van der Waals surface area contributed by atoms with Gasteiger partial charge in [-0.05, 0) is 41.4 Å². The van der Waals surface area contributed by atoms with Crippen molar-refractivity contribution < 1.29 is 4.79 Å². The van der Waals surface area contributed by atoms with Crippen LogP contribution in [0.25, 0.3) is 0 Å².